The van der Waals surface area contributed by atoms with Crippen molar-refractivity contribution in [1.82, 2.24) is 15.2 Å². The maximum Gasteiger partial charge on any atom is 0.224 e. The van der Waals surface area contributed by atoms with Gasteiger partial charge in [0.15, 0.2) is 17.4 Å². The Hall–Kier alpha value is -3.39. The van der Waals surface area contributed by atoms with Crippen molar-refractivity contribution in [3.8, 4) is 5.75 Å². The highest BCUT2D eigenvalue weighted by atomic mass is 19.1. The number of piperidine rings is 1. The molecule has 34 heavy (non-hydrogen) atoms. The van der Waals surface area contributed by atoms with E-state index in [2.05, 4.69) is 15.2 Å². The van der Waals surface area contributed by atoms with Gasteiger partial charge in [-0.15, -0.1) is 0 Å². The Balaban J connectivity index is 1.31. The van der Waals surface area contributed by atoms with E-state index in [9.17, 15) is 18.0 Å². The topological polar surface area (TPSA) is 54.5 Å². The van der Waals surface area contributed by atoms with Gasteiger partial charge in [-0.2, -0.15) is 0 Å². The molecule has 1 aromatic heterocycles. The zero-order valence-electron chi connectivity index (χ0n) is 18.6. The first-order valence-electron chi connectivity index (χ1n) is 11.3. The molecule has 3 aromatic rings. The molecule has 1 aliphatic rings. The Morgan fingerprint density at radius 2 is 1.71 bits per heavy atom. The number of carbonyl (C=O) groups is 1. The number of para-hydroxylation sites is 1. The molecule has 0 radical (unpaired) electrons. The molecule has 1 atom stereocenters. The molecule has 0 bridgehead atoms. The molecule has 2 heterocycles. The summed E-state index contributed by atoms with van der Waals surface area (Å²) in [4.78, 5) is 19.5. The number of aromatic nitrogens is 1. The van der Waals surface area contributed by atoms with E-state index in [1.54, 1.807) is 24.4 Å². The minimum Gasteiger partial charge on any atom is -0.486 e. The lowest BCUT2D eigenvalue weighted by atomic mass is 9.94. The fourth-order valence-corrected chi connectivity index (χ4v) is 4.11. The molecule has 0 saturated carbocycles. The predicted octanol–water partition coefficient (Wildman–Crippen LogP) is 4.50. The van der Waals surface area contributed by atoms with Crippen LogP contribution in [0.5, 0.6) is 5.75 Å². The van der Waals surface area contributed by atoms with Crippen LogP contribution in [0.2, 0.25) is 0 Å². The van der Waals surface area contributed by atoms with E-state index in [1.807, 2.05) is 12.1 Å². The van der Waals surface area contributed by atoms with Crippen molar-refractivity contribution in [3.63, 3.8) is 0 Å². The van der Waals surface area contributed by atoms with Crippen LogP contribution in [0.3, 0.4) is 0 Å². The molecule has 0 aliphatic carbocycles. The van der Waals surface area contributed by atoms with Gasteiger partial charge >= 0.3 is 0 Å². The van der Waals surface area contributed by atoms with Gasteiger partial charge in [-0.3, -0.25) is 14.7 Å². The maximum absolute atomic E-state index is 13.7. The highest BCUT2D eigenvalue weighted by molar-refractivity contribution is 5.79. The van der Waals surface area contributed by atoms with Gasteiger partial charge in [0, 0.05) is 18.7 Å². The molecule has 0 spiro atoms. The molecule has 2 aromatic carbocycles. The molecule has 5 nitrogen and oxygen atoms in total. The summed E-state index contributed by atoms with van der Waals surface area (Å²) in [5, 5.41) is 3.08. The number of likely N-dealkylation sites (tertiary alicyclic amines) is 1. The van der Waals surface area contributed by atoms with Gasteiger partial charge in [0.05, 0.1) is 11.7 Å². The van der Waals surface area contributed by atoms with E-state index in [0.717, 1.165) is 17.7 Å². The van der Waals surface area contributed by atoms with Crippen LogP contribution in [0.4, 0.5) is 13.2 Å². The second kappa shape index (κ2) is 11.2. The Bertz CT molecular complexity index is 1070. The molecular formula is C26H26F3N3O2. The first kappa shape index (κ1) is 23.8. The van der Waals surface area contributed by atoms with Gasteiger partial charge in [-0.25, -0.2) is 13.2 Å². The highest BCUT2D eigenvalue weighted by Gasteiger charge is 2.28. The molecular weight excluding hydrogens is 443 g/mol. The van der Waals surface area contributed by atoms with Gasteiger partial charge in [0.25, 0.3) is 0 Å². The highest BCUT2D eigenvalue weighted by Crippen LogP contribution is 2.24. The van der Waals surface area contributed by atoms with Crippen LogP contribution in [0.1, 0.15) is 30.1 Å². The first-order valence-corrected chi connectivity index (χ1v) is 11.3. The average Bonchev–Trinajstić information content (AvgIpc) is 2.86. The van der Waals surface area contributed by atoms with E-state index < -0.39 is 17.7 Å². The number of hydrogen-bond acceptors (Lipinski definition) is 4. The first-order chi connectivity index (χ1) is 16.5. The third kappa shape index (κ3) is 5.94. The standard InChI is InChI=1S/C26H26F3N3O2/c27-20-9-7-18(8-10-20)24(23-6-1-2-13-30-23)31-26(33)19-11-14-32(15-12-19)16-17-34-25-21(28)4-3-5-22(25)29/h1-10,13,19,24H,11-12,14-17H2,(H,31,33). The number of halogens is 3. The lowest BCUT2D eigenvalue weighted by Gasteiger charge is -2.32. The van der Waals surface area contributed by atoms with E-state index in [0.29, 0.717) is 38.2 Å². The Morgan fingerprint density at radius 1 is 1.00 bits per heavy atom. The molecule has 178 valence electrons. The third-order valence-electron chi connectivity index (χ3n) is 6.00. The maximum atomic E-state index is 13.7. The van der Waals surface area contributed by atoms with E-state index in [1.165, 1.54) is 18.2 Å². The van der Waals surface area contributed by atoms with Crippen molar-refractivity contribution in [3.05, 3.63) is 95.6 Å². The van der Waals surface area contributed by atoms with Gasteiger partial charge < -0.3 is 10.1 Å². The molecule has 4 rings (SSSR count). The van der Waals surface area contributed by atoms with Crippen LogP contribution in [-0.4, -0.2) is 42.0 Å². The number of hydrogen-bond donors (Lipinski definition) is 1. The minimum atomic E-state index is -0.723. The number of nitrogens with zero attached hydrogens (tertiary/aromatic N) is 2. The number of benzene rings is 2. The van der Waals surface area contributed by atoms with Gasteiger partial charge in [0.1, 0.15) is 12.4 Å². The third-order valence-corrected chi connectivity index (χ3v) is 6.00. The Labute approximate surface area is 196 Å². The molecule has 1 unspecified atom stereocenters. The van der Waals surface area contributed by atoms with Gasteiger partial charge in [-0.1, -0.05) is 24.3 Å². The Morgan fingerprint density at radius 3 is 2.35 bits per heavy atom. The van der Waals surface area contributed by atoms with Gasteiger partial charge in [-0.05, 0) is 67.9 Å². The largest absolute Gasteiger partial charge is 0.486 e. The monoisotopic (exact) mass is 469 g/mol. The Kier molecular flexibility index (Phi) is 7.80. The zero-order valence-corrected chi connectivity index (χ0v) is 18.6. The average molecular weight is 470 g/mol. The summed E-state index contributed by atoms with van der Waals surface area (Å²) < 4.78 is 46.1. The van der Waals surface area contributed by atoms with Crippen LogP contribution in [0, 0.1) is 23.4 Å². The van der Waals surface area contributed by atoms with Gasteiger partial charge in [0.2, 0.25) is 5.91 Å². The minimum absolute atomic E-state index is 0.0793. The summed E-state index contributed by atoms with van der Waals surface area (Å²) in [5.74, 6) is -2.41. The molecule has 1 aliphatic heterocycles. The zero-order chi connectivity index (χ0) is 23.9. The molecule has 1 N–H and O–H groups in total. The van der Waals surface area contributed by atoms with Crippen molar-refractivity contribution in [2.24, 2.45) is 5.92 Å². The van der Waals surface area contributed by atoms with Crippen LogP contribution in [-0.2, 0) is 4.79 Å². The fraction of sp³-hybridized carbons (Fsp3) is 0.308. The lowest BCUT2D eigenvalue weighted by molar-refractivity contribution is -0.127. The van der Waals surface area contributed by atoms with Crippen LogP contribution < -0.4 is 10.1 Å². The number of rotatable bonds is 8. The number of nitrogens with one attached hydrogen (secondary N) is 1. The van der Waals surface area contributed by atoms with Crippen LogP contribution in [0.15, 0.2) is 66.9 Å². The van der Waals surface area contributed by atoms with Crippen molar-refractivity contribution in [1.29, 1.82) is 0 Å². The van der Waals surface area contributed by atoms with E-state index in [4.69, 9.17) is 4.74 Å². The molecule has 1 amide bonds. The van der Waals surface area contributed by atoms with E-state index >= 15 is 0 Å². The lowest BCUT2D eigenvalue weighted by Crippen LogP contribution is -2.43. The summed E-state index contributed by atoms with van der Waals surface area (Å²) in [6.45, 7) is 2.01. The second-order valence-corrected chi connectivity index (χ2v) is 8.26. The summed E-state index contributed by atoms with van der Waals surface area (Å²) >= 11 is 0. The van der Waals surface area contributed by atoms with Crippen molar-refractivity contribution < 1.29 is 22.7 Å². The summed E-state index contributed by atoms with van der Waals surface area (Å²) in [6, 6.07) is 14.6. The molecule has 1 fully saturated rings. The molecule has 1 saturated heterocycles. The van der Waals surface area contributed by atoms with E-state index in [-0.39, 0.29) is 30.0 Å². The summed E-state index contributed by atoms with van der Waals surface area (Å²) in [7, 11) is 0. The second-order valence-electron chi connectivity index (χ2n) is 8.26. The van der Waals surface area contributed by atoms with Crippen molar-refractivity contribution in [2.75, 3.05) is 26.2 Å². The van der Waals surface area contributed by atoms with Crippen molar-refractivity contribution >= 4 is 5.91 Å². The SMILES string of the molecule is O=C(NC(c1ccc(F)cc1)c1ccccn1)C1CCN(CCOc2c(F)cccc2F)CC1. The number of amides is 1. The number of carbonyl (C=O) groups excluding carboxylic acids is 1. The quantitative estimate of drug-likeness (QED) is 0.528. The normalized spacial score (nSPS) is 15.6. The number of pyridine rings is 1. The molecule has 8 heteroatoms. The predicted molar refractivity (Wildman–Crippen MR) is 122 cm³/mol. The summed E-state index contributed by atoms with van der Waals surface area (Å²) in [5.41, 5.74) is 1.43. The van der Waals surface area contributed by atoms with Crippen LogP contribution in [0.25, 0.3) is 0 Å². The van der Waals surface area contributed by atoms with Crippen LogP contribution >= 0.6 is 0 Å². The fourth-order valence-electron chi connectivity index (χ4n) is 4.11. The smallest absolute Gasteiger partial charge is 0.224 e. The van der Waals surface area contributed by atoms with Crippen molar-refractivity contribution in [2.45, 2.75) is 18.9 Å². The number of ether oxygens (including phenoxy) is 1. The summed E-state index contributed by atoms with van der Waals surface area (Å²) in [6.07, 6.45) is 2.96.